The van der Waals surface area contributed by atoms with Crippen molar-refractivity contribution in [3.63, 3.8) is 0 Å². The van der Waals surface area contributed by atoms with Crippen LogP contribution in [-0.4, -0.2) is 42.2 Å². The Morgan fingerprint density at radius 1 is 1.20 bits per heavy atom. The van der Waals surface area contributed by atoms with Gasteiger partial charge in [0.05, 0.1) is 23.7 Å². The van der Waals surface area contributed by atoms with E-state index in [9.17, 15) is 14.7 Å². The minimum atomic E-state index is -0.936. The minimum absolute atomic E-state index is 0.116. The zero-order valence-corrected chi connectivity index (χ0v) is 17.5. The quantitative estimate of drug-likeness (QED) is 0.540. The summed E-state index contributed by atoms with van der Waals surface area (Å²) >= 11 is 1.45. The third-order valence-electron chi connectivity index (χ3n) is 4.17. The lowest BCUT2D eigenvalue weighted by Gasteiger charge is -2.11. The number of rotatable bonds is 9. The summed E-state index contributed by atoms with van der Waals surface area (Å²) < 4.78 is 11.9. The Balaban J connectivity index is 1.90. The van der Waals surface area contributed by atoms with E-state index in [0.717, 1.165) is 15.8 Å². The first-order chi connectivity index (χ1) is 14.5. The summed E-state index contributed by atoms with van der Waals surface area (Å²) in [6, 6.07) is 12.9. The first-order valence-electron chi connectivity index (χ1n) is 9.36. The molecule has 0 aliphatic carbocycles. The fourth-order valence-electron chi connectivity index (χ4n) is 2.85. The SMILES string of the molecule is CCNC(=O)COc1ccc(C=C(CC(=O)O)c2nc3ccccc3s2)cc1OC. The van der Waals surface area contributed by atoms with E-state index in [-0.39, 0.29) is 18.9 Å². The van der Waals surface area contributed by atoms with Gasteiger partial charge in [-0.2, -0.15) is 0 Å². The van der Waals surface area contributed by atoms with Gasteiger partial charge in [0.1, 0.15) is 5.01 Å². The number of amides is 1. The van der Waals surface area contributed by atoms with E-state index < -0.39 is 5.97 Å². The van der Waals surface area contributed by atoms with E-state index in [1.54, 1.807) is 24.3 Å². The van der Waals surface area contributed by atoms with Gasteiger partial charge in [-0.25, -0.2) is 4.98 Å². The van der Waals surface area contributed by atoms with Crippen molar-refractivity contribution in [2.45, 2.75) is 13.3 Å². The molecular weight excluding hydrogens is 404 g/mol. The van der Waals surface area contributed by atoms with E-state index in [2.05, 4.69) is 10.3 Å². The van der Waals surface area contributed by atoms with E-state index in [1.165, 1.54) is 18.4 Å². The number of carboxylic acid groups (broad SMARTS) is 1. The van der Waals surface area contributed by atoms with E-state index in [4.69, 9.17) is 9.47 Å². The summed E-state index contributed by atoms with van der Waals surface area (Å²) in [6.45, 7) is 2.25. The first kappa shape index (κ1) is 21.3. The van der Waals surface area contributed by atoms with E-state index in [0.29, 0.717) is 28.6 Å². The molecule has 0 unspecified atom stereocenters. The number of aliphatic carboxylic acids is 1. The first-order valence-corrected chi connectivity index (χ1v) is 10.2. The standard InChI is InChI=1S/C22H22N2O5S/c1-3-23-20(25)13-29-17-9-8-14(11-18(17)28-2)10-15(12-21(26)27)22-24-16-6-4-5-7-19(16)30-22/h4-11H,3,12-13H2,1-2H3,(H,23,25)(H,26,27). The molecule has 156 valence electrons. The number of carbonyl (C=O) groups is 2. The summed E-state index contributed by atoms with van der Waals surface area (Å²) in [6.07, 6.45) is 1.62. The largest absolute Gasteiger partial charge is 0.493 e. The Kier molecular flexibility index (Phi) is 7.03. The molecule has 0 saturated carbocycles. The topological polar surface area (TPSA) is 97.8 Å². The molecule has 0 aliphatic rings. The number of likely N-dealkylation sites (N-methyl/N-ethyl adjacent to an activating group) is 1. The number of nitrogens with zero attached hydrogens (tertiary/aromatic N) is 1. The molecule has 0 radical (unpaired) electrons. The molecule has 7 nitrogen and oxygen atoms in total. The maximum absolute atomic E-state index is 11.6. The molecule has 2 aromatic carbocycles. The number of nitrogens with one attached hydrogen (secondary N) is 1. The fraction of sp³-hybridized carbons (Fsp3) is 0.227. The van der Waals surface area contributed by atoms with Crippen LogP contribution in [0.2, 0.25) is 0 Å². The number of benzene rings is 2. The van der Waals surface area contributed by atoms with Crippen LogP contribution in [-0.2, 0) is 9.59 Å². The lowest BCUT2D eigenvalue weighted by Crippen LogP contribution is -2.28. The molecular formula is C22H22N2O5S. The minimum Gasteiger partial charge on any atom is -0.493 e. The van der Waals surface area contributed by atoms with Gasteiger partial charge in [0, 0.05) is 6.54 Å². The number of fused-ring (bicyclic) bond motifs is 1. The van der Waals surface area contributed by atoms with Gasteiger partial charge in [0.15, 0.2) is 18.1 Å². The van der Waals surface area contributed by atoms with Gasteiger partial charge in [0.2, 0.25) is 0 Å². The van der Waals surface area contributed by atoms with Crippen LogP contribution >= 0.6 is 11.3 Å². The number of carbonyl (C=O) groups excluding carboxylic acids is 1. The number of methoxy groups -OCH3 is 1. The van der Waals surface area contributed by atoms with Gasteiger partial charge in [-0.3, -0.25) is 9.59 Å². The van der Waals surface area contributed by atoms with Crippen molar-refractivity contribution < 1.29 is 24.2 Å². The molecule has 0 aliphatic heterocycles. The average Bonchev–Trinajstić information content (AvgIpc) is 3.16. The Labute approximate surface area is 178 Å². The molecule has 0 atom stereocenters. The highest BCUT2D eigenvalue weighted by Crippen LogP contribution is 2.33. The number of carboxylic acids is 1. The van der Waals surface area contributed by atoms with E-state index >= 15 is 0 Å². The zero-order chi connectivity index (χ0) is 21.5. The second-order valence-electron chi connectivity index (χ2n) is 6.38. The molecule has 1 amide bonds. The summed E-state index contributed by atoms with van der Waals surface area (Å²) in [4.78, 5) is 27.6. The van der Waals surface area contributed by atoms with Crippen LogP contribution in [0.5, 0.6) is 11.5 Å². The molecule has 3 aromatic rings. The summed E-state index contributed by atoms with van der Waals surface area (Å²) in [5.41, 5.74) is 2.18. The third kappa shape index (κ3) is 5.36. The average molecular weight is 426 g/mol. The van der Waals surface area contributed by atoms with Crippen LogP contribution in [0, 0.1) is 0 Å². The Morgan fingerprint density at radius 3 is 2.70 bits per heavy atom. The predicted molar refractivity (Wildman–Crippen MR) is 117 cm³/mol. The number of para-hydroxylation sites is 1. The highest BCUT2D eigenvalue weighted by Gasteiger charge is 2.14. The number of aromatic nitrogens is 1. The molecule has 0 fully saturated rings. The van der Waals surface area contributed by atoms with Crippen molar-refractivity contribution in [1.29, 1.82) is 0 Å². The van der Waals surface area contributed by atoms with Crippen molar-refractivity contribution in [2.75, 3.05) is 20.3 Å². The molecule has 2 N–H and O–H groups in total. The second-order valence-corrected chi connectivity index (χ2v) is 7.41. The molecule has 0 saturated heterocycles. The smallest absolute Gasteiger partial charge is 0.307 e. The number of hydrogen-bond donors (Lipinski definition) is 2. The number of hydrogen-bond acceptors (Lipinski definition) is 6. The molecule has 3 rings (SSSR count). The van der Waals surface area contributed by atoms with Gasteiger partial charge in [-0.05, 0) is 48.4 Å². The summed E-state index contributed by atoms with van der Waals surface area (Å²) in [5, 5.41) is 12.7. The van der Waals surface area contributed by atoms with Gasteiger partial charge in [-0.15, -0.1) is 11.3 Å². The van der Waals surface area contributed by atoms with Crippen LogP contribution in [0.25, 0.3) is 21.9 Å². The van der Waals surface area contributed by atoms with Gasteiger partial charge in [-0.1, -0.05) is 18.2 Å². The van der Waals surface area contributed by atoms with Crippen molar-refractivity contribution in [1.82, 2.24) is 10.3 Å². The monoisotopic (exact) mass is 426 g/mol. The number of ether oxygens (including phenoxy) is 2. The second kappa shape index (κ2) is 9.89. The van der Waals surface area contributed by atoms with Crippen LogP contribution < -0.4 is 14.8 Å². The highest BCUT2D eigenvalue weighted by molar-refractivity contribution is 7.19. The predicted octanol–water partition coefficient (Wildman–Crippen LogP) is 3.84. The van der Waals surface area contributed by atoms with Crippen LogP contribution in [0.3, 0.4) is 0 Å². The van der Waals surface area contributed by atoms with Crippen LogP contribution in [0.4, 0.5) is 0 Å². The summed E-state index contributed by atoms with van der Waals surface area (Å²) in [5.74, 6) is -0.273. The van der Waals surface area contributed by atoms with Crippen molar-refractivity contribution in [2.24, 2.45) is 0 Å². The van der Waals surface area contributed by atoms with Crippen molar-refractivity contribution >= 4 is 45.1 Å². The molecule has 1 aromatic heterocycles. The molecule has 0 spiro atoms. The number of thiazole rings is 1. The van der Waals surface area contributed by atoms with E-state index in [1.807, 2.05) is 31.2 Å². The Morgan fingerprint density at radius 2 is 2.00 bits per heavy atom. The Bertz CT molecular complexity index is 1060. The van der Waals surface area contributed by atoms with Crippen LogP contribution in [0.1, 0.15) is 23.9 Å². The molecule has 8 heteroatoms. The van der Waals surface area contributed by atoms with Crippen molar-refractivity contribution in [3.05, 3.63) is 53.0 Å². The van der Waals surface area contributed by atoms with Gasteiger partial charge in [0.25, 0.3) is 5.91 Å². The third-order valence-corrected chi connectivity index (χ3v) is 5.28. The summed E-state index contributed by atoms with van der Waals surface area (Å²) in [7, 11) is 1.51. The maximum Gasteiger partial charge on any atom is 0.307 e. The molecule has 0 bridgehead atoms. The van der Waals surface area contributed by atoms with Gasteiger partial charge >= 0.3 is 5.97 Å². The Hall–Kier alpha value is -3.39. The maximum atomic E-state index is 11.6. The normalized spacial score (nSPS) is 11.3. The molecule has 1 heterocycles. The zero-order valence-electron chi connectivity index (χ0n) is 16.7. The lowest BCUT2D eigenvalue weighted by molar-refractivity contribution is -0.135. The van der Waals surface area contributed by atoms with Crippen molar-refractivity contribution in [3.8, 4) is 11.5 Å². The molecule has 30 heavy (non-hydrogen) atoms. The van der Waals surface area contributed by atoms with Gasteiger partial charge < -0.3 is 19.9 Å². The fourth-order valence-corrected chi connectivity index (χ4v) is 3.83. The van der Waals surface area contributed by atoms with Crippen LogP contribution in [0.15, 0.2) is 42.5 Å². The highest BCUT2D eigenvalue weighted by atomic mass is 32.1. The lowest BCUT2D eigenvalue weighted by atomic mass is 10.1.